The van der Waals surface area contributed by atoms with Gasteiger partial charge in [-0.05, 0) is 32.9 Å². The molecule has 1 rings (SSSR count). The third-order valence-electron chi connectivity index (χ3n) is 2.36. The maximum absolute atomic E-state index is 11.8. The number of esters is 1. The van der Waals surface area contributed by atoms with Gasteiger partial charge in [-0.15, -0.1) is 0 Å². The highest BCUT2D eigenvalue weighted by Gasteiger charge is 2.20. The van der Waals surface area contributed by atoms with Gasteiger partial charge in [-0.25, -0.2) is 9.59 Å². The Labute approximate surface area is 110 Å². The van der Waals surface area contributed by atoms with E-state index in [1.165, 1.54) is 6.92 Å². The zero-order valence-electron chi connectivity index (χ0n) is 11.0. The first-order valence-electron chi connectivity index (χ1n) is 5.69. The number of carbonyl (C=O) groups is 3. The Morgan fingerprint density at radius 2 is 1.68 bits per heavy atom. The van der Waals surface area contributed by atoms with Crippen LogP contribution in [-0.4, -0.2) is 24.0 Å². The third kappa shape index (κ3) is 4.42. The number of nitrogens with one attached hydrogen (secondary N) is 1. The fourth-order valence-corrected chi connectivity index (χ4v) is 1.60. The van der Waals surface area contributed by atoms with Crippen molar-refractivity contribution in [3.63, 3.8) is 0 Å². The molecule has 1 aromatic rings. The highest BCUT2D eigenvalue weighted by molar-refractivity contribution is 5.98. The van der Waals surface area contributed by atoms with Crippen LogP contribution >= 0.6 is 0 Å². The average Bonchev–Trinajstić information content (AvgIpc) is 2.26. The standard InChI is InChI=1S/C13H16N2O4/c1-7-4-8(2)6-10(5-7)12(17)19-9(3)11(16)15-13(14)18/h4-6,9H,1-3H3,(H3,14,15,16,18)/t9-/m1/s1. The number of rotatable bonds is 3. The lowest BCUT2D eigenvalue weighted by molar-refractivity contribution is -0.127. The molecule has 0 aliphatic carbocycles. The Morgan fingerprint density at radius 1 is 1.16 bits per heavy atom. The summed E-state index contributed by atoms with van der Waals surface area (Å²) in [6.07, 6.45) is -1.10. The molecule has 0 heterocycles. The Bertz CT molecular complexity index is 505. The SMILES string of the molecule is Cc1cc(C)cc(C(=O)O[C@H](C)C(=O)NC(N)=O)c1. The van der Waals surface area contributed by atoms with Crippen LogP contribution in [-0.2, 0) is 9.53 Å². The number of benzene rings is 1. The molecule has 0 fully saturated rings. The molecule has 0 bridgehead atoms. The van der Waals surface area contributed by atoms with E-state index >= 15 is 0 Å². The summed E-state index contributed by atoms with van der Waals surface area (Å²) < 4.78 is 4.95. The van der Waals surface area contributed by atoms with Crippen LogP contribution in [0.2, 0.25) is 0 Å². The summed E-state index contributed by atoms with van der Waals surface area (Å²) >= 11 is 0. The van der Waals surface area contributed by atoms with Crippen molar-refractivity contribution >= 4 is 17.9 Å². The molecule has 1 atom stereocenters. The summed E-state index contributed by atoms with van der Waals surface area (Å²) in [5, 5.41) is 1.84. The summed E-state index contributed by atoms with van der Waals surface area (Å²) in [6.45, 7) is 5.07. The van der Waals surface area contributed by atoms with E-state index in [-0.39, 0.29) is 0 Å². The van der Waals surface area contributed by atoms with Crippen LogP contribution in [0.5, 0.6) is 0 Å². The number of hydrogen-bond acceptors (Lipinski definition) is 4. The van der Waals surface area contributed by atoms with Gasteiger partial charge in [0.05, 0.1) is 5.56 Å². The minimum atomic E-state index is -1.10. The molecule has 1 aromatic carbocycles. The Hall–Kier alpha value is -2.37. The van der Waals surface area contributed by atoms with Crippen LogP contribution in [0, 0.1) is 13.8 Å². The van der Waals surface area contributed by atoms with Gasteiger partial charge in [0.2, 0.25) is 0 Å². The Morgan fingerprint density at radius 3 is 2.16 bits per heavy atom. The topological polar surface area (TPSA) is 98.5 Å². The highest BCUT2D eigenvalue weighted by atomic mass is 16.5. The molecular formula is C13H16N2O4. The van der Waals surface area contributed by atoms with E-state index in [9.17, 15) is 14.4 Å². The zero-order chi connectivity index (χ0) is 14.6. The summed E-state index contributed by atoms with van der Waals surface area (Å²) in [5.74, 6) is -1.39. The van der Waals surface area contributed by atoms with Gasteiger partial charge in [-0.2, -0.15) is 0 Å². The Balaban J connectivity index is 2.74. The van der Waals surface area contributed by atoms with Crippen LogP contribution in [0.25, 0.3) is 0 Å². The van der Waals surface area contributed by atoms with Crippen molar-refractivity contribution < 1.29 is 19.1 Å². The van der Waals surface area contributed by atoms with Gasteiger partial charge in [0.1, 0.15) is 0 Å². The minimum absolute atomic E-state index is 0.358. The molecule has 0 aromatic heterocycles. The highest BCUT2D eigenvalue weighted by Crippen LogP contribution is 2.11. The van der Waals surface area contributed by atoms with E-state index in [0.717, 1.165) is 11.1 Å². The molecule has 3 N–H and O–H groups in total. The fraction of sp³-hybridized carbons (Fsp3) is 0.308. The van der Waals surface area contributed by atoms with E-state index in [0.29, 0.717) is 5.56 Å². The third-order valence-corrected chi connectivity index (χ3v) is 2.36. The number of hydrogen-bond donors (Lipinski definition) is 2. The number of imide groups is 1. The minimum Gasteiger partial charge on any atom is -0.449 e. The van der Waals surface area contributed by atoms with Gasteiger partial charge in [0, 0.05) is 0 Å². The molecule has 102 valence electrons. The van der Waals surface area contributed by atoms with Crippen LogP contribution in [0.3, 0.4) is 0 Å². The summed E-state index contributed by atoms with van der Waals surface area (Å²) in [4.78, 5) is 33.7. The van der Waals surface area contributed by atoms with Gasteiger partial charge >= 0.3 is 12.0 Å². The molecule has 0 radical (unpaired) electrons. The van der Waals surface area contributed by atoms with Crippen LogP contribution in [0.15, 0.2) is 18.2 Å². The second kappa shape index (κ2) is 5.99. The lowest BCUT2D eigenvalue weighted by atomic mass is 10.1. The fourth-order valence-electron chi connectivity index (χ4n) is 1.60. The first-order chi connectivity index (χ1) is 8.79. The van der Waals surface area contributed by atoms with Crippen LogP contribution in [0.1, 0.15) is 28.4 Å². The number of aryl methyl sites for hydroxylation is 2. The largest absolute Gasteiger partial charge is 0.449 e. The number of urea groups is 1. The molecule has 0 aliphatic rings. The van der Waals surface area contributed by atoms with Gasteiger partial charge in [-0.1, -0.05) is 17.2 Å². The van der Waals surface area contributed by atoms with Crippen molar-refractivity contribution in [2.45, 2.75) is 26.9 Å². The maximum atomic E-state index is 11.8. The predicted octanol–water partition coefficient (Wildman–Crippen LogP) is 1.04. The van der Waals surface area contributed by atoms with Gasteiger partial charge in [-0.3, -0.25) is 10.1 Å². The van der Waals surface area contributed by atoms with Crippen LogP contribution in [0.4, 0.5) is 4.79 Å². The molecule has 3 amide bonds. The molecule has 0 aliphatic heterocycles. The first kappa shape index (κ1) is 14.7. The van der Waals surface area contributed by atoms with Crippen molar-refractivity contribution in [3.05, 3.63) is 34.9 Å². The molecule has 19 heavy (non-hydrogen) atoms. The second-order valence-corrected chi connectivity index (χ2v) is 4.28. The lowest BCUT2D eigenvalue weighted by Crippen LogP contribution is -2.42. The van der Waals surface area contributed by atoms with Gasteiger partial charge in [0.25, 0.3) is 5.91 Å². The summed E-state index contributed by atoms with van der Waals surface area (Å²) in [6, 6.07) is 4.25. The number of amides is 3. The normalized spacial score (nSPS) is 11.5. The molecular weight excluding hydrogens is 248 g/mol. The monoisotopic (exact) mass is 264 g/mol. The number of carbonyl (C=O) groups excluding carboxylic acids is 3. The van der Waals surface area contributed by atoms with Crippen LogP contribution < -0.4 is 11.1 Å². The molecule has 0 saturated heterocycles. The van der Waals surface area contributed by atoms with Gasteiger partial charge < -0.3 is 10.5 Å². The van der Waals surface area contributed by atoms with E-state index < -0.39 is 24.0 Å². The molecule has 0 saturated carbocycles. The maximum Gasteiger partial charge on any atom is 0.338 e. The van der Waals surface area contributed by atoms with Crippen molar-refractivity contribution in [2.24, 2.45) is 5.73 Å². The zero-order valence-corrected chi connectivity index (χ0v) is 11.0. The van der Waals surface area contributed by atoms with E-state index in [2.05, 4.69) is 0 Å². The molecule has 6 nitrogen and oxygen atoms in total. The van der Waals surface area contributed by atoms with E-state index in [1.54, 1.807) is 12.1 Å². The first-order valence-corrected chi connectivity index (χ1v) is 5.69. The van der Waals surface area contributed by atoms with Crippen molar-refractivity contribution in [2.75, 3.05) is 0 Å². The lowest BCUT2D eigenvalue weighted by Gasteiger charge is -2.12. The smallest absolute Gasteiger partial charge is 0.338 e. The van der Waals surface area contributed by atoms with Crippen molar-refractivity contribution in [3.8, 4) is 0 Å². The Kier molecular flexibility index (Phi) is 4.63. The van der Waals surface area contributed by atoms with Gasteiger partial charge in [0.15, 0.2) is 6.10 Å². The quantitative estimate of drug-likeness (QED) is 0.797. The average molecular weight is 264 g/mol. The number of nitrogens with two attached hydrogens (primary N) is 1. The molecule has 0 unspecified atom stereocenters. The van der Waals surface area contributed by atoms with E-state index in [1.807, 2.05) is 25.2 Å². The van der Waals surface area contributed by atoms with Crippen molar-refractivity contribution in [1.82, 2.24) is 5.32 Å². The number of ether oxygens (including phenoxy) is 1. The summed E-state index contributed by atoms with van der Waals surface area (Å²) in [7, 11) is 0. The second-order valence-electron chi connectivity index (χ2n) is 4.28. The van der Waals surface area contributed by atoms with Crippen molar-refractivity contribution in [1.29, 1.82) is 0 Å². The molecule has 0 spiro atoms. The van der Waals surface area contributed by atoms with E-state index in [4.69, 9.17) is 10.5 Å². The molecule has 6 heteroatoms. The summed E-state index contributed by atoms with van der Waals surface area (Å²) in [5.41, 5.74) is 6.99. The number of primary amides is 1. The predicted molar refractivity (Wildman–Crippen MR) is 68.5 cm³/mol.